The van der Waals surface area contributed by atoms with E-state index in [2.05, 4.69) is 15.0 Å². The summed E-state index contributed by atoms with van der Waals surface area (Å²) < 4.78 is 0. The van der Waals surface area contributed by atoms with Gasteiger partial charge in [0.25, 0.3) is 0 Å². The number of hydrogen-bond acceptors (Lipinski definition) is 3. The molecule has 16 heavy (non-hydrogen) atoms. The van der Waals surface area contributed by atoms with Crippen LogP contribution in [-0.4, -0.2) is 15.0 Å². The SMILES string of the molecule is c1ccc(Sc2nc3ccccc3[nH]2)nc1. The van der Waals surface area contributed by atoms with Crippen LogP contribution < -0.4 is 0 Å². The zero-order valence-electron chi connectivity index (χ0n) is 8.42. The van der Waals surface area contributed by atoms with Gasteiger partial charge in [0.1, 0.15) is 5.03 Å². The lowest BCUT2D eigenvalue weighted by atomic mass is 10.3. The van der Waals surface area contributed by atoms with Gasteiger partial charge >= 0.3 is 0 Å². The Balaban J connectivity index is 1.95. The van der Waals surface area contributed by atoms with E-state index in [9.17, 15) is 0 Å². The van der Waals surface area contributed by atoms with E-state index in [4.69, 9.17) is 0 Å². The normalized spacial score (nSPS) is 10.8. The number of H-pyrrole nitrogens is 1. The summed E-state index contributed by atoms with van der Waals surface area (Å²) in [6, 6.07) is 13.8. The number of imidazole rings is 1. The van der Waals surface area contributed by atoms with E-state index in [1.165, 1.54) is 11.8 Å². The summed E-state index contributed by atoms with van der Waals surface area (Å²) in [4.78, 5) is 12.0. The number of nitrogens with zero attached hydrogens (tertiary/aromatic N) is 2. The first-order valence-electron chi connectivity index (χ1n) is 4.95. The molecule has 78 valence electrons. The molecule has 0 bridgehead atoms. The minimum Gasteiger partial charge on any atom is -0.333 e. The molecule has 3 rings (SSSR count). The van der Waals surface area contributed by atoms with Crippen molar-refractivity contribution in [3.05, 3.63) is 48.7 Å². The van der Waals surface area contributed by atoms with E-state index >= 15 is 0 Å². The standard InChI is InChI=1S/C12H9N3S/c1-2-6-10-9(5-1)14-12(15-10)16-11-7-3-4-8-13-11/h1-8H,(H,14,15). The molecule has 3 aromatic rings. The van der Waals surface area contributed by atoms with Crippen LogP contribution >= 0.6 is 11.8 Å². The number of benzene rings is 1. The number of fused-ring (bicyclic) bond motifs is 1. The van der Waals surface area contributed by atoms with Crippen molar-refractivity contribution in [2.24, 2.45) is 0 Å². The molecule has 0 radical (unpaired) electrons. The number of aromatic nitrogens is 3. The van der Waals surface area contributed by atoms with Gasteiger partial charge in [-0.1, -0.05) is 18.2 Å². The van der Waals surface area contributed by atoms with Crippen molar-refractivity contribution in [3.8, 4) is 0 Å². The summed E-state index contributed by atoms with van der Waals surface area (Å²) >= 11 is 1.54. The quantitative estimate of drug-likeness (QED) is 0.731. The van der Waals surface area contributed by atoms with Gasteiger partial charge in [0, 0.05) is 6.20 Å². The van der Waals surface area contributed by atoms with E-state index in [0.29, 0.717) is 0 Å². The molecule has 0 spiro atoms. The van der Waals surface area contributed by atoms with Crippen LogP contribution in [0.5, 0.6) is 0 Å². The van der Waals surface area contributed by atoms with Crippen LogP contribution in [0.2, 0.25) is 0 Å². The van der Waals surface area contributed by atoms with Crippen LogP contribution in [0.15, 0.2) is 58.8 Å². The van der Waals surface area contributed by atoms with Crippen molar-refractivity contribution in [1.82, 2.24) is 15.0 Å². The lowest BCUT2D eigenvalue weighted by molar-refractivity contribution is 1.06. The number of para-hydroxylation sites is 2. The third-order valence-corrected chi connectivity index (χ3v) is 3.04. The number of rotatable bonds is 2. The molecule has 2 heterocycles. The van der Waals surface area contributed by atoms with Gasteiger partial charge in [-0.3, -0.25) is 0 Å². The van der Waals surface area contributed by atoms with Gasteiger partial charge in [0.15, 0.2) is 5.16 Å². The lowest BCUT2D eigenvalue weighted by Crippen LogP contribution is -1.78. The Bertz CT molecular complexity index is 571. The summed E-state index contributed by atoms with van der Waals surface area (Å²) in [5.74, 6) is 0. The van der Waals surface area contributed by atoms with Gasteiger partial charge in [0.2, 0.25) is 0 Å². The van der Waals surface area contributed by atoms with Crippen molar-refractivity contribution >= 4 is 22.8 Å². The molecule has 0 aliphatic carbocycles. The van der Waals surface area contributed by atoms with E-state index in [1.54, 1.807) is 6.20 Å². The summed E-state index contributed by atoms with van der Waals surface area (Å²) in [5.41, 5.74) is 2.04. The largest absolute Gasteiger partial charge is 0.333 e. The van der Waals surface area contributed by atoms with Gasteiger partial charge in [-0.05, 0) is 36.0 Å². The average Bonchev–Trinajstić information content (AvgIpc) is 2.72. The fraction of sp³-hybridized carbons (Fsp3) is 0. The van der Waals surface area contributed by atoms with E-state index in [-0.39, 0.29) is 0 Å². The molecule has 0 aliphatic rings. The minimum absolute atomic E-state index is 0.875. The highest BCUT2D eigenvalue weighted by Crippen LogP contribution is 2.24. The zero-order valence-corrected chi connectivity index (χ0v) is 9.24. The highest BCUT2D eigenvalue weighted by molar-refractivity contribution is 7.99. The Kier molecular flexibility index (Phi) is 2.34. The molecule has 0 atom stereocenters. The predicted molar refractivity (Wildman–Crippen MR) is 64.5 cm³/mol. The van der Waals surface area contributed by atoms with Gasteiger partial charge in [-0.2, -0.15) is 0 Å². The van der Waals surface area contributed by atoms with Crippen LogP contribution in [0, 0.1) is 0 Å². The van der Waals surface area contributed by atoms with Gasteiger partial charge < -0.3 is 4.98 Å². The van der Waals surface area contributed by atoms with E-state index < -0.39 is 0 Å². The number of aromatic amines is 1. The molecule has 0 aliphatic heterocycles. The Morgan fingerprint density at radius 3 is 2.69 bits per heavy atom. The average molecular weight is 227 g/mol. The number of nitrogens with one attached hydrogen (secondary N) is 1. The fourth-order valence-electron chi connectivity index (χ4n) is 1.48. The highest BCUT2D eigenvalue weighted by atomic mass is 32.2. The second kappa shape index (κ2) is 3.98. The predicted octanol–water partition coefficient (Wildman–Crippen LogP) is 3.11. The van der Waals surface area contributed by atoms with Crippen molar-refractivity contribution in [2.45, 2.75) is 10.2 Å². The van der Waals surface area contributed by atoms with Crippen molar-refractivity contribution in [1.29, 1.82) is 0 Å². The minimum atomic E-state index is 0.875. The number of hydrogen-bond donors (Lipinski definition) is 1. The molecular weight excluding hydrogens is 218 g/mol. The van der Waals surface area contributed by atoms with E-state index in [1.807, 2.05) is 42.5 Å². The van der Waals surface area contributed by atoms with E-state index in [0.717, 1.165) is 21.2 Å². The maximum Gasteiger partial charge on any atom is 0.172 e. The van der Waals surface area contributed by atoms with Crippen LogP contribution in [0.25, 0.3) is 11.0 Å². The van der Waals surface area contributed by atoms with Crippen molar-refractivity contribution < 1.29 is 0 Å². The Morgan fingerprint density at radius 1 is 1.00 bits per heavy atom. The second-order valence-corrected chi connectivity index (χ2v) is 4.34. The molecule has 4 heteroatoms. The van der Waals surface area contributed by atoms with Crippen LogP contribution in [0.4, 0.5) is 0 Å². The van der Waals surface area contributed by atoms with Crippen molar-refractivity contribution in [3.63, 3.8) is 0 Å². The van der Waals surface area contributed by atoms with Crippen LogP contribution in [0.3, 0.4) is 0 Å². The maximum absolute atomic E-state index is 4.48. The van der Waals surface area contributed by atoms with Gasteiger partial charge in [0.05, 0.1) is 11.0 Å². The molecule has 1 aromatic carbocycles. The van der Waals surface area contributed by atoms with Gasteiger partial charge in [-0.15, -0.1) is 0 Å². The monoisotopic (exact) mass is 227 g/mol. The highest BCUT2D eigenvalue weighted by Gasteiger charge is 2.03. The Labute approximate surface area is 96.9 Å². The molecule has 2 aromatic heterocycles. The molecule has 3 nitrogen and oxygen atoms in total. The third-order valence-electron chi connectivity index (χ3n) is 2.21. The summed E-state index contributed by atoms with van der Waals surface area (Å²) in [5, 5.41) is 1.82. The number of pyridine rings is 1. The lowest BCUT2D eigenvalue weighted by Gasteiger charge is -1.94. The fourth-order valence-corrected chi connectivity index (χ4v) is 2.25. The van der Waals surface area contributed by atoms with Crippen molar-refractivity contribution in [2.75, 3.05) is 0 Å². The molecule has 0 saturated carbocycles. The molecule has 0 amide bonds. The smallest absolute Gasteiger partial charge is 0.172 e. The first kappa shape index (κ1) is 9.42. The first-order valence-corrected chi connectivity index (χ1v) is 5.77. The first-order chi connectivity index (χ1) is 7.92. The molecule has 0 unspecified atom stereocenters. The Morgan fingerprint density at radius 2 is 1.88 bits per heavy atom. The topological polar surface area (TPSA) is 41.6 Å². The molecule has 0 saturated heterocycles. The summed E-state index contributed by atoms with van der Waals surface area (Å²) in [7, 11) is 0. The van der Waals surface area contributed by atoms with Crippen LogP contribution in [0.1, 0.15) is 0 Å². The van der Waals surface area contributed by atoms with Gasteiger partial charge in [-0.25, -0.2) is 9.97 Å². The Hall–Kier alpha value is -1.81. The zero-order chi connectivity index (χ0) is 10.8. The summed E-state index contributed by atoms with van der Waals surface area (Å²) in [6.07, 6.45) is 1.78. The third kappa shape index (κ3) is 1.79. The second-order valence-electron chi connectivity index (χ2n) is 3.33. The maximum atomic E-state index is 4.48. The molecule has 0 fully saturated rings. The van der Waals surface area contributed by atoms with Crippen LogP contribution in [-0.2, 0) is 0 Å². The summed E-state index contributed by atoms with van der Waals surface area (Å²) in [6.45, 7) is 0. The molecule has 1 N–H and O–H groups in total. The molecular formula is C12H9N3S.